The summed E-state index contributed by atoms with van der Waals surface area (Å²) >= 11 is 0. The van der Waals surface area contributed by atoms with Gasteiger partial charge in [0.2, 0.25) is 0 Å². The lowest BCUT2D eigenvalue weighted by Crippen LogP contribution is -1.99. The smallest absolute Gasteiger partial charge is 0.265 e. The van der Waals surface area contributed by atoms with Crippen LogP contribution in [0.4, 0.5) is 4.39 Å². The predicted octanol–water partition coefficient (Wildman–Crippen LogP) is 1.77. The molecular weight excluding hydrogens is 247 g/mol. The van der Waals surface area contributed by atoms with Crippen LogP contribution in [0.3, 0.4) is 0 Å². The van der Waals surface area contributed by atoms with Gasteiger partial charge < -0.3 is 9.47 Å². The Kier molecular flexibility index (Phi) is 3.41. The monoisotopic (exact) mass is 254 g/mol. The zero-order chi connectivity index (χ0) is 11.6. The number of ether oxygens (including phenoxy) is 2. The molecule has 0 aliphatic heterocycles. The van der Waals surface area contributed by atoms with E-state index < -0.39 is 19.8 Å². The normalized spacial score (nSPS) is 11.2. The van der Waals surface area contributed by atoms with E-state index in [2.05, 4.69) is 4.74 Å². The molecule has 0 aromatic heterocycles. The fourth-order valence-corrected chi connectivity index (χ4v) is 2.01. The molecule has 4 nitrogen and oxygen atoms in total. The Morgan fingerprint density at radius 1 is 1.20 bits per heavy atom. The lowest BCUT2D eigenvalue weighted by atomic mass is 10.3. The molecule has 1 aromatic carbocycles. The summed E-state index contributed by atoms with van der Waals surface area (Å²) in [6, 6.07) is 1.87. The SMILES string of the molecule is COc1cc(OC)c(S(=O)(=O)Cl)cc1F. The van der Waals surface area contributed by atoms with Crippen LogP contribution in [0.25, 0.3) is 0 Å². The first-order valence-corrected chi connectivity index (χ1v) is 6.07. The minimum Gasteiger partial charge on any atom is -0.495 e. The van der Waals surface area contributed by atoms with Crippen LogP contribution in [-0.4, -0.2) is 22.6 Å². The molecule has 84 valence electrons. The van der Waals surface area contributed by atoms with Crippen molar-refractivity contribution in [3.05, 3.63) is 17.9 Å². The molecule has 0 aliphatic carbocycles. The zero-order valence-electron chi connectivity index (χ0n) is 7.95. The average Bonchev–Trinajstić information content (AvgIpc) is 2.16. The van der Waals surface area contributed by atoms with Crippen molar-refractivity contribution in [1.82, 2.24) is 0 Å². The van der Waals surface area contributed by atoms with Crippen LogP contribution < -0.4 is 9.47 Å². The Hall–Kier alpha value is -1.01. The van der Waals surface area contributed by atoms with Crippen molar-refractivity contribution in [2.45, 2.75) is 4.90 Å². The van der Waals surface area contributed by atoms with Crippen molar-refractivity contribution in [3.8, 4) is 11.5 Å². The second kappa shape index (κ2) is 4.24. The first-order chi connectivity index (χ1) is 6.90. The summed E-state index contributed by atoms with van der Waals surface area (Å²) in [6.45, 7) is 0. The quantitative estimate of drug-likeness (QED) is 0.772. The van der Waals surface area contributed by atoms with Gasteiger partial charge in [-0.05, 0) is 0 Å². The van der Waals surface area contributed by atoms with Crippen LogP contribution >= 0.6 is 10.7 Å². The molecule has 0 radical (unpaired) electrons. The topological polar surface area (TPSA) is 52.6 Å². The number of hydrogen-bond acceptors (Lipinski definition) is 4. The van der Waals surface area contributed by atoms with Gasteiger partial charge in [0.1, 0.15) is 10.6 Å². The summed E-state index contributed by atoms with van der Waals surface area (Å²) < 4.78 is 44.7. The summed E-state index contributed by atoms with van der Waals surface area (Å²) in [6.07, 6.45) is 0. The summed E-state index contributed by atoms with van der Waals surface area (Å²) in [4.78, 5) is -0.426. The van der Waals surface area contributed by atoms with E-state index >= 15 is 0 Å². The molecule has 0 saturated carbocycles. The predicted molar refractivity (Wildman–Crippen MR) is 52.5 cm³/mol. The molecule has 0 N–H and O–H groups in total. The highest BCUT2D eigenvalue weighted by Crippen LogP contribution is 2.32. The van der Waals surface area contributed by atoms with Gasteiger partial charge in [0.25, 0.3) is 9.05 Å². The molecule has 0 amide bonds. The molecule has 15 heavy (non-hydrogen) atoms. The van der Waals surface area contributed by atoms with E-state index in [-0.39, 0.29) is 11.5 Å². The summed E-state index contributed by atoms with van der Waals surface area (Å²) in [7, 11) is 3.56. The number of halogens is 2. The van der Waals surface area contributed by atoms with Gasteiger partial charge in [-0.25, -0.2) is 12.8 Å². The van der Waals surface area contributed by atoms with E-state index in [0.717, 1.165) is 12.1 Å². The molecule has 0 saturated heterocycles. The van der Waals surface area contributed by atoms with Crippen LogP contribution in [0.5, 0.6) is 11.5 Å². The third kappa shape index (κ3) is 2.51. The highest BCUT2D eigenvalue weighted by Gasteiger charge is 2.20. The maximum absolute atomic E-state index is 13.2. The van der Waals surface area contributed by atoms with Crippen molar-refractivity contribution in [2.24, 2.45) is 0 Å². The Labute approximate surface area is 91.0 Å². The van der Waals surface area contributed by atoms with Crippen LogP contribution in [0.1, 0.15) is 0 Å². The highest BCUT2D eigenvalue weighted by molar-refractivity contribution is 8.13. The Morgan fingerprint density at radius 2 is 1.73 bits per heavy atom. The molecule has 0 aliphatic rings. The van der Waals surface area contributed by atoms with Gasteiger partial charge in [-0.15, -0.1) is 0 Å². The maximum Gasteiger partial charge on any atom is 0.265 e. The molecule has 7 heteroatoms. The van der Waals surface area contributed by atoms with E-state index in [9.17, 15) is 12.8 Å². The van der Waals surface area contributed by atoms with Crippen LogP contribution in [0.15, 0.2) is 17.0 Å². The van der Waals surface area contributed by atoms with Crippen molar-refractivity contribution < 1.29 is 22.3 Å². The number of benzene rings is 1. The highest BCUT2D eigenvalue weighted by atomic mass is 35.7. The van der Waals surface area contributed by atoms with Crippen molar-refractivity contribution in [2.75, 3.05) is 14.2 Å². The van der Waals surface area contributed by atoms with Gasteiger partial charge in [0, 0.05) is 22.8 Å². The van der Waals surface area contributed by atoms with Crippen LogP contribution in [-0.2, 0) is 9.05 Å². The van der Waals surface area contributed by atoms with Gasteiger partial charge >= 0.3 is 0 Å². The van der Waals surface area contributed by atoms with Gasteiger partial charge in [0.05, 0.1) is 14.2 Å². The third-order valence-electron chi connectivity index (χ3n) is 1.70. The van der Waals surface area contributed by atoms with E-state index in [0.29, 0.717) is 0 Å². The lowest BCUT2D eigenvalue weighted by molar-refractivity contribution is 0.368. The number of hydrogen-bond donors (Lipinski definition) is 0. The first kappa shape index (κ1) is 12.1. The summed E-state index contributed by atoms with van der Waals surface area (Å²) in [5, 5.41) is 0. The van der Waals surface area contributed by atoms with Crippen LogP contribution in [0.2, 0.25) is 0 Å². The minimum atomic E-state index is -4.04. The molecule has 0 unspecified atom stereocenters. The van der Waals surface area contributed by atoms with E-state index in [1.807, 2.05) is 0 Å². The van der Waals surface area contributed by atoms with E-state index in [1.165, 1.54) is 14.2 Å². The zero-order valence-corrected chi connectivity index (χ0v) is 9.52. The number of methoxy groups -OCH3 is 2. The molecule has 0 bridgehead atoms. The molecular formula is C8H8ClFO4S. The van der Waals surface area contributed by atoms with Crippen molar-refractivity contribution in [1.29, 1.82) is 0 Å². The molecule has 1 aromatic rings. The molecule has 0 fully saturated rings. The fourth-order valence-electron chi connectivity index (χ4n) is 1.02. The van der Waals surface area contributed by atoms with Crippen LogP contribution in [0, 0.1) is 5.82 Å². The molecule has 0 atom stereocenters. The van der Waals surface area contributed by atoms with Crippen molar-refractivity contribution in [3.63, 3.8) is 0 Å². The fraction of sp³-hybridized carbons (Fsp3) is 0.250. The van der Waals surface area contributed by atoms with Gasteiger partial charge in [-0.1, -0.05) is 0 Å². The standard InChI is InChI=1S/C8H8ClFO4S/c1-13-6-4-7(14-2)8(3-5(6)10)15(9,11)12/h3-4H,1-2H3. The second-order valence-electron chi connectivity index (χ2n) is 2.58. The van der Waals surface area contributed by atoms with Crippen molar-refractivity contribution >= 4 is 19.7 Å². The lowest BCUT2D eigenvalue weighted by Gasteiger charge is -2.08. The number of rotatable bonds is 3. The Bertz CT molecular complexity index is 472. The Balaban J connectivity index is 3.48. The minimum absolute atomic E-state index is 0.0664. The first-order valence-electron chi connectivity index (χ1n) is 3.76. The average molecular weight is 255 g/mol. The molecule has 0 spiro atoms. The van der Waals surface area contributed by atoms with E-state index in [4.69, 9.17) is 15.4 Å². The molecule has 1 rings (SSSR count). The third-order valence-corrected chi connectivity index (χ3v) is 3.04. The second-order valence-corrected chi connectivity index (χ2v) is 5.11. The van der Waals surface area contributed by atoms with Gasteiger partial charge in [-0.3, -0.25) is 0 Å². The molecule has 0 heterocycles. The maximum atomic E-state index is 13.2. The summed E-state index contributed by atoms with van der Waals surface area (Å²) in [5.74, 6) is -1.00. The van der Waals surface area contributed by atoms with E-state index in [1.54, 1.807) is 0 Å². The Morgan fingerprint density at radius 3 is 2.13 bits per heavy atom. The van der Waals surface area contributed by atoms with Gasteiger partial charge in [0.15, 0.2) is 11.6 Å². The summed E-state index contributed by atoms with van der Waals surface area (Å²) in [5.41, 5.74) is 0. The van der Waals surface area contributed by atoms with Gasteiger partial charge in [-0.2, -0.15) is 0 Å². The largest absolute Gasteiger partial charge is 0.495 e.